The molecule has 1 aromatic carbocycles. The van der Waals surface area contributed by atoms with Gasteiger partial charge in [-0.1, -0.05) is 5.16 Å². The van der Waals surface area contributed by atoms with Gasteiger partial charge in [-0.15, -0.1) is 0 Å². The lowest BCUT2D eigenvalue weighted by atomic mass is 10.1. The Kier molecular flexibility index (Phi) is 3.59. The molecule has 0 aliphatic heterocycles. The average Bonchev–Trinajstić information content (AvgIpc) is 2.88. The zero-order valence-corrected chi connectivity index (χ0v) is 9.85. The predicted octanol–water partition coefficient (Wildman–Crippen LogP) is 3.21. The lowest BCUT2D eigenvalue weighted by Gasteiger charge is -2.10. The lowest BCUT2D eigenvalue weighted by molar-refractivity contribution is -0.388. The fourth-order valence-electron chi connectivity index (χ4n) is 1.55. The van der Waals surface area contributed by atoms with Gasteiger partial charge < -0.3 is 9.84 Å². The summed E-state index contributed by atoms with van der Waals surface area (Å²) in [7, 11) is 0. The molecule has 2 rings (SSSR count). The summed E-state index contributed by atoms with van der Waals surface area (Å²) in [6.07, 6.45) is -3.40. The highest BCUT2D eigenvalue weighted by Gasteiger charge is 2.38. The lowest BCUT2D eigenvalue weighted by Crippen LogP contribution is -2.10. The van der Waals surface area contributed by atoms with Crippen LogP contribution in [-0.4, -0.2) is 10.1 Å². The van der Waals surface area contributed by atoms with E-state index in [9.17, 15) is 23.3 Å². The highest BCUT2D eigenvalue weighted by atomic mass is 19.4. The Morgan fingerprint density at radius 1 is 1.35 bits per heavy atom. The topological polar surface area (TPSA) is 81.2 Å². The first kappa shape index (κ1) is 13.8. The van der Waals surface area contributed by atoms with E-state index in [0.29, 0.717) is 11.8 Å². The third-order valence-electron chi connectivity index (χ3n) is 2.46. The maximum Gasteiger partial charge on any atom is 0.423 e. The molecule has 0 spiro atoms. The molecule has 2 aromatic rings. The fraction of sp³-hybridized carbons (Fsp3) is 0.182. The molecule has 0 unspecified atom stereocenters. The molecule has 1 heterocycles. The summed E-state index contributed by atoms with van der Waals surface area (Å²) in [5, 5.41) is 16.7. The van der Waals surface area contributed by atoms with Gasteiger partial charge in [-0.05, 0) is 12.1 Å². The Morgan fingerprint density at radius 2 is 2.10 bits per heavy atom. The van der Waals surface area contributed by atoms with E-state index < -0.39 is 22.4 Å². The van der Waals surface area contributed by atoms with E-state index in [0.717, 1.165) is 6.07 Å². The Hall–Kier alpha value is -2.58. The van der Waals surface area contributed by atoms with Gasteiger partial charge in [0.15, 0.2) is 5.76 Å². The van der Waals surface area contributed by atoms with E-state index in [2.05, 4.69) is 10.5 Å². The summed E-state index contributed by atoms with van der Waals surface area (Å²) in [6, 6.07) is 4.24. The van der Waals surface area contributed by atoms with Crippen LogP contribution in [0.3, 0.4) is 0 Å². The molecule has 1 aromatic heterocycles. The zero-order chi connectivity index (χ0) is 14.8. The fourth-order valence-corrected chi connectivity index (χ4v) is 1.55. The van der Waals surface area contributed by atoms with Gasteiger partial charge in [-0.25, -0.2) is 0 Å². The third-order valence-corrected chi connectivity index (χ3v) is 2.46. The maximum atomic E-state index is 12.7. The number of anilines is 1. The quantitative estimate of drug-likeness (QED) is 0.689. The minimum absolute atomic E-state index is 0.0966. The standard InChI is InChI=1S/C11H8F3N3O3/c12-11(13,14)9-5-7(1-2-10(9)17(18)19)15-6-8-3-4-16-20-8/h1-5,15H,6H2. The van der Waals surface area contributed by atoms with Gasteiger partial charge in [0.25, 0.3) is 5.69 Å². The monoisotopic (exact) mass is 287 g/mol. The molecule has 0 bridgehead atoms. The molecule has 1 N–H and O–H groups in total. The highest BCUT2D eigenvalue weighted by Crippen LogP contribution is 2.37. The molecular formula is C11H8F3N3O3. The van der Waals surface area contributed by atoms with Crippen molar-refractivity contribution in [2.24, 2.45) is 0 Å². The molecule has 106 valence electrons. The Balaban J connectivity index is 2.25. The first-order chi connectivity index (χ1) is 9.38. The van der Waals surface area contributed by atoms with Crippen molar-refractivity contribution in [3.8, 4) is 0 Å². The number of halogens is 3. The number of aromatic nitrogens is 1. The van der Waals surface area contributed by atoms with Crippen LogP contribution in [0.4, 0.5) is 24.5 Å². The second kappa shape index (κ2) is 5.19. The van der Waals surface area contributed by atoms with Gasteiger partial charge in [-0.2, -0.15) is 13.2 Å². The van der Waals surface area contributed by atoms with Crippen molar-refractivity contribution in [2.45, 2.75) is 12.7 Å². The van der Waals surface area contributed by atoms with Gasteiger partial charge in [-0.3, -0.25) is 10.1 Å². The zero-order valence-electron chi connectivity index (χ0n) is 9.85. The van der Waals surface area contributed by atoms with Crippen LogP contribution in [0.1, 0.15) is 11.3 Å². The molecule has 0 aliphatic carbocycles. The minimum Gasteiger partial charge on any atom is -0.378 e. The number of nitrogens with one attached hydrogen (secondary N) is 1. The van der Waals surface area contributed by atoms with Gasteiger partial charge >= 0.3 is 6.18 Å². The van der Waals surface area contributed by atoms with Crippen LogP contribution in [0.2, 0.25) is 0 Å². The van der Waals surface area contributed by atoms with Crippen molar-refractivity contribution in [3.05, 3.63) is 51.9 Å². The summed E-state index contributed by atoms with van der Waals surface area (Å²) >= 11 is 0. The van der Waals surface area contributed by atoms with Crippen molar-refractivity contribution in [2.75, 3.05) is 5.32 Å². The molecule has 0 amide bonds. The second-order valence-corrected chi connectivity index (χ2v) is 3.82. The van der Waals surface area contributed by atoms with Crippen LogP contribution >= 0.6 is 0 Å². The minimum atomic E-state index is -4.80. The molecule has 0 atom stereocenters. The molecule has 20 heavy (non-hydrogen) atoms. The van der Waals surface area contributed by atoms with Crippen LogP contribution < -0.4 is 5.32 Å². The SMILES string of the molecule is O=[N+]([O-])c1ccc(NCc2ccno2)cc1C(F)(F)F. The van der Waals surface area contributed by atoms with Crippen LogP contribution in [-0.2, 0) is 12.7 Å². The number of hydrogen-bond donors (Lipinski definition) is 1. The van der Waals surface area contributed by atoms with Crippen LogP contribution in [0.15, 0.2) is 35.0 Å². The van der Waals surface area contributed by atoms with Gasteiger partial charge in [0.2, 0.25) is 0 Å². The van der Waals surface area contributed by atoms with Gasteiger partial charge in [0.05, 0.1) is 17.7 Å². The van der Waals surface area contributed by atoms with E-state index in [4.69, 9.17) is 4.52 Å². The number of nitrogens with zero attached hydrogens (tertiary/aromatic N) is 2. The Labute approximate surface area is 110 Å². The summed E-state index contributed by atoms with van der Waals surface area (Å²) in [5.74, 6) is 0.428. The predicted molar refractivity (Wildman–Crippen MR) is 61.9 cm³/mol. The second-order valence-electron chi connectivity index (χ2n) is 3.82. The number of nitro groups is 1. The van der Waals surface area contributed by atoms with Crippen LogP contribution in [0.5, 0.6) is 0 Å². The largest absolute Gasteiger partial charge is 0.423 e. The summed E-state index contributed by atoms with van der Waals surface area (Å²) in [4.78, 5) is 9.52. The summed E-state index contributed by atoms with van der Waals surface area (Å²) < 4.78 is 43.0. The molecule has 9 heteroatoms. The van der Waals surface area contributed by atoms with Gasteiger partial charge in [0, 0.05) is 17.8 Å². The molecule has 6 nitrogen and oxygen atoms in total. The van der Waals surface area contributed by atoms with E-state index in [1.807, 2.05) is 0 Å². The molecule has 0 saturated heterocycles. The molecular weight excluding hydrogens is 279 g/mol. The summed E-state index contributed by atoms with van der Waals surface area (Å²) in [5.41, 5.74) is -2.19. The van der Waals surface area contributed by atoms with Crippen molar-refractivity contribution in [3.63, 3.8) is 0 Å². The Bertz CT molecular complexity index is 611. The van der Waals surface area contributed by atoms with Crippen molar-refractivity contribution in [1.82, 2.24) is 5.16 Å². The Morgan fingerprint density at radius 3 is 2.65 bits per heavy atom. The van der Waals surface area contributed by atoms with Crippen molar-refractivity contribution in [1.29, 1.82) is 0 Å². The molecule has 0 radical (unpaired) electrons. The average molecular weight is 287 g/mol. The normalized spacial score (nSPS) is 11.3. The number of benzene rings is 1. The number of alkyl halides is 3. The van der Waals surface area contributed by atoms with E-state index in [1.54, 1.807) is 6.07 Å². The smallest absolute Gasteiger partial charge is 0.378 e. The highest BCUT2D eigenvalue weighted by molar-refractivity contribution is 5.55. The van der Waals surface area contributed by atoms with E-state index >= 15 is 0 Å². The number of nitro benzene ring substituents is 1. The number of hydrogen-bond acceptors (Lipinski definition) is 5. The molecule has 0 fully saturated rings. The van der Waals surface area contributed by atoms with Crippen LogP contribution in [0, 0.1) is 10.1 Å². The van der Waals surface area contributed by atoms with Crippen molar-refractivity contribution >= 4 is 11.4 Å². The first-order valence-corrected chi connectivity index (χ1v) is 5.37. The first-order valence-electron chi connectivity index (χ1n) is 5.37. The van der Waals surface area contributed by atoms with Crippen molar-refractivity contribution < 1.29 is 22.6 Å². The van der Waals surface area contributed by atoms with Gasteiger partial charge in [0.1, 0.15) is 5.56 Å². The number of rotatable bonds is 4. The molecule has 0 saturated carbocycles. The maximum absolute atomic E-state index is 12.7. The third kappa shape index (κ3) is 3.05. The molecule has 0 aliphatic rings. The van der Waals surface area contributed by atoms with E-state index in [-0.39, 0.29) is 12.2 Å². The summed E-state index contributed by atoms with van der Waals surface area (Å²) in [6.45, 7) is 0.120. The van der Waals surface area contributed by atoms with Crippen LogP contribution in [0.25, 0.3) is 0 Å². The van der Waals surface area contributed by atoms with E-state index in [1.165, 1.54) is 12.3 Å².